The topological polar surface area (TPSA) is 67.3 Å². The number of benzene rings is 2. The van der Waals surface area contributed by atoms with Gasteiger partial charge in [0.25, 0.3) is 0 Å². The third-order valence-electron chi connectivity index (χ3n) is 5.25. The molecule has 2 aromatic carbocycles. The first-order chi connectivity index (χ1) is 14.1. The maximum Gasteiger partial charge on any atom is 0.309 e. The van der Waals surface area contributed by atoms with E-state index in [4.69, 9.17) is 11.6 Å². The molecule has 0 spiro atoms. The number of carboxylic acids is 1. The summed E-state index contributed by atoms with van der Waals surface area (Å²) in [6.07, 6.45) is 0.101. The molecule has 0 unspecified atom stereocenters. The van der Waals surface area contributed by atoms with E-state index in [1.807, 2.05) is 29.6 Å². The average molecular weight is 442 g/mol. The monoisotopic (exact) mass is 441 g/mol. The van der Waals surface area contributed by atoms with Gasteiger partial charge in [-0.1, -0.05) is 29.8 Å². The Bertz CT molecular complexity index is 1120. The first kappa shape index (κ1) is 22.2. The van der Waals surface area contributed by atoms with Gasteiger partial charge < -0.3 is 5.11 Å². The summed E-state index contributed by atoms with van der Waals surface area (Å²) in [5.74, 6) is -1.11. The number of aromatic nitrogens is 1. The van der Waals surface area contributed by atoms with Crippen LogP contribution in [-0.4, -0.2) is 21.8 Å². The molecule has 0 aliphatic rings. The quantitative estimate of drug-likeness (QED) is 0.463. The second-order valence-electron chi connectivity index (χ2n) is 8.16. The summed E-state index contributed by atoms with van der Waals surface area (Å²) in [6.45, 7) is 7.29. The van der Waals surface area contributed by atoms with Crippen molar-refractivity contribution >= 4 is 34.7 Å². The van der Waals surface area contributed by atoms with Crippen LogP contribution in [0.25, 0.3) is 21.7 Å². The second-order valence-corrected chi connectivity index (χ2v) is 9.46. The molecule has 4 nitrogen and oxygen atoms in total. The lowest BCUT2D eigenvalue weighted by molar-refractivity contribution is -0.149. The lowest BCUT2D eigenvalue weighted by Crippen LogP contribution is -2.27. The Morgan fingerprint density at radius 2 is 1.83 bits per heavy atom. The first-order valence-electron chi connectivity index (χ1n) is 9.64. The number of nitrogens with zero attached hydrogens (tertiary/aromatic N) is 1. The fourth-order valence-corrected chi connectivity index (χ4v) is 4.34. The van der Waals surface area contributed by atoms with Crippen LogP contribution in [0.3, 0.4) is 0 Å². The number of halogens is 1. The lowest BCUT2D eigenvalue weighted by atomic mass is 9.86. The summed E-state index contributed by atoms with van der Waals surface area (Å²) < 4.78 is 0. The molecule has 3 rings (SSSR count). The van der Waals surface area contributed by atoms with Gasteiger partial charge in [-0.25, -0.2) is 4.98 Å². The van der Waals surface area contributed by atoms with Gasteiger partial charge in [0.05, 0.1) is 11.1 Å². The largest absolute Gasteiger partial charge is 0.481 e. The van der Waals surface area contributed by atoms with Crippen molar-refractivity contribution in [1.29, 1.82) is 0 Å². The van der Waals surface area contributed by atoms with E-state index in [0.29, 0.717) is 10.7 Å². The van der Waals surface area contributed by atoms with Gasteiger partial charge >= 0.3 is 5.97 Å². The van der Waals surface area contributed by atoms with Crippen LogP contribution in [0, 0.1) is 19.3 Å². The second kappa shape index (κ2) is 8.70. The third kappa shape index (κ3) is 4.79. The molecule has 0 saturated heterocycles. The minimum absolute atomic E-state index is 0.0239. The molecule has 6 heteroatoms. The van der Waals surface area contributed by atoms with Crippen molar-refractivity contribution in [2.24, 2.45) is 5.41 Å². The number of Topliss-reactive ketones (excluding diaryl/α,β-unsaturated/α-hetero) is 1. The van der Waals surface area contributed by atoms with Crippen molar-refractivity contribution in [3.05, 3.63) is 63.6 Å². The van der Waals surface area contributed by atoms with Crippen molar-refractivity contribution in [3.63, 3.8) is 0 Å². The van der Waals surface area contributed by atoms with Gasteiger partial charge in [-0.3, -0.25) is 9.59 Å². The predicted molar refractivity (Wildman–Crippen MR) is 122 cm³/mol. The highest BCUT2D eigenvalue weighted by Crippen LogP contribution is 2.38. The van der Waals surface area contributed by atoms with E-state index in [9.17, 15) is 14.7 Å². The number of carbonyl (C=O) groups excluding carboxylic acids is 1. The van der Waals surface area contributed by atoms with Crippen LogP contribution in [0.15, 0.2) is 41.8 Å². The van der Waals surface area contributed by atoms with Crippen molar-refractivity contribution in [2.75, 3.05) is 0 Å². The summed E-state index contributed by atoms with van der Waals surface area (Å²) in [5, 5.41) is 12.6. The van der Waals surface area contributed by atoms with Crippen molar-refractivity contribution < 1.29 is 14.7 Å². The Hall–Kier alpha value is -2.50. The van der Waals surface area contributed by atoms with Crippen LogP contribution in [0.2, 0.25) is 5.02 Å². The molecule has 0 radical (unpaired) electrons. The van der Waals surface area contributed by atoms with Crippen molar-refractivity contribution in [3.8, 4) is 21.7 Å². The molecule has 0 amide bonds. The van der Waals surface area contributed by atoms with Gasteiger partial charge in [-0.15, -0.1) is 11.3 Å². The zero-order chi connectivity index (χ0) is 22.1. The van der Waals surface area contributed by atoms with Crippen LogP contribution in [0.1, 0.15) is 37.1 Å². The van der Waals surface area contributed by atoms with Gasteiger partial charge in [0.1, 0.15) is 10.8 Å². The molecule has 0 aliphatic heterocycles. The van der Waals surface area contributed by atoms with E-state index in [-0.39, 0.29) is 18.6 Å². The van der Waals surface area contributed by atoms with Crippen LogP contribution in [0.5, 0.6) is 0 Å². The minimum Gasteiger partial charge on any atom is -0.481 e. The van der Waals surface area contributed by atoms with Gasteiger partial charge in [0, 0.05) is 28.8 Å². The summed E-state index contributed by atoms with van der Waals surface area (Å²) in [6, 6.07) is 11.9. The number of ketones is 1. The van der Waals surface area contributed by atoms with E-state index >= 15 is 0 Å². The number of hydrogen-bond acceptors (Lipinski definition) is 4. The number of rotatable bonds is 7. The molecule has 156 valence electrons. The van der Waals surface area contributed by atoms with Crippen molar-refractivity contribution in [1.82, 2.24) is 4.98 Å². The third-order valence-corrected chi connectivity index (χ3v) is 6.41. The number of thiazole rings is 1. The molecular weight excluding hydrogens is 418 g/mol. The zero-order valence-electron chi connectivity index (χ0n) is 17.5. The SMILES string of the molecule is Cc1cccc(-c2cc(Cl)ccc2-c2nc(CC(=O)CC(C)(C)C(=O)O)cs2)c1C. The zero-order valence-corrected chi connectivity index (χ0v) is 19.0. The Balaban J connectivity index is 1.92. The molecule has 3 aromatic rings. The molecule has 30 heavy (non-hydrogen) atoms. The molecule has 1 N–H and O–H groups in total. The lowest BCUT2D eigenvalue weighted by Gasteiger charge is -2.17. The summed E-state index contributed by atoms with van der Waals surface area (Å²) in [7, 11) is 0. The number of aliphatic carboxylic acids is 1. The Morgan fingerprint density at radius 1 is 1.10 bits per heavy atom. The molecular formula is C24H24ClNO3S. The van der Waals surface area contributed by atoms with E-state index in [1.54, 1.807) is 13.8 Å². The standard InChI is InChI=1S/C24H24ClNO3S/c1-14-6-5-7-19(15(14)2)21-10-16(25)8-9-20(21)22-26-17(13-30-22)11-18(27)12-24(3,4)23(28)29/h5-10,13H,11-12H2,1-4H3,(H,28,29). The van der Waals surface area contributed by atoms with Crippen molar-refractivity contribution in [2.45, 2.75) is 40.5 Å². The molecule has 0 atom stereocenters. The van der Waals surface area contributed by atoms with Crippen LogP contribution < -0.4 is 0 Å². The molecule has 1 aromatic heterocycles. The van der Waals surface area contributed by atoms with E-state index < -0.39 is 11.4 Å². The highest BCUT2D eigenvalue weighted by Gasteiger charge is 2.30. The molecule has 0 bridgehead atoms. The summed E-state index contributed by atoms with van der Waals surface area (Å²) >= 11 is 7.77. The van der Waals surface area contributed by atoms with Gasteiger partial charge in [-0.2, -0.15) is 0 Å². The van der Waals surface area contributed by atoms with Gasteiger partial charge in [0.2, 0.25) is 0 Å². The highest BCUT2D eigenvalue weighted by atomic mass is 35.5. The Kier molecular flexibility index (Phi) is 6.44. The maximum absolute atomic E-state index is 12.4. The normalized spacial score (nSPS) is 11.5. The average Bonchev–Trinajstić information content (AvgIpc) is 3.11. The molecule has 0 aliphatic carbocycles. The number of hydrogen-bond donors (Lipinski definition) is 1. The Labute approximate surface area is 185 Å². The summed E-state index contributed by atoms with van der Waals surface area (Å²) in [4.78, 5) is 28.3. The highest BCUT2D eigenvalue weighted by molar-refractivity contribution is 7.13. The number of carbonyl (C=O) groups is 2. The van der Waals surface area contributed by atoms with Gasteiger partial charge in [0.15, 0.2) is 0 Å². The predicted octanol–water partition coefficient (Wildman–Crippen LogP) is 6.36. The minimum atomic E-state index is -1.08. The summed E-state index contributed by atoms with van der Waals surface area (Å²) in [5.41, 5.74) is 5.02. The molecule has 0 saturated carbocycles. The smallest absolute Gasteiger partial charge is 0.309 e. The Morgan fingerprint density at radius 3 is 2.53 bits per heavy atom. The maximum atomic E-state index is 12.4. The van der Waals surface area contributed by atoms with Crippen LogP contribution in [0.4, 0.5) is 0 Å². The van der Waals surface area contributed by atoms with Gasteiger partial charge in [-0.05, 0) is 68.1 Å². The van der Waals surface area contributed by atoms with E-state index in [2.05, 4.69) is 31.0 Å². The number of carboxylic acid groups (broad SMARTS) is 1. The van der Waals surface area contributed by atoms with E-state index in [0.717, 1.165) is 21.7 Å². The van der Waals surface area contributed by atoms with E-state index in [1.165, 1.54) is 22.5 Å². The van der Waals surface area contributed by atoms with Crippen LogP contribution >= 0.6 is 22.9 Å². The number of aryl methyl sites for hydroxylation is 1. The molecule has 1 heterocycles. The fraction of sp³-hybridized carbons (Fsp3) is 0.292. The van der Waals surface area contributed by atoms with Crippen LogP contribution in [-0.2, 0) is 16.0 Å². The fourth-order valence-electron chi connectivity index (χ4n) is 3.31. The first-order valence-corrected chi connectivity index (χ1v) is 10.9. The molecule has 0 fully saturated rings.